The van der Waals surface area contributed by atoms with Gasteiger partial charge in [0.25, 0.3) is 0 Å². The lowest BCUT2D eigenvalue weighted by Crippen LogP contribution is -2.46. The summed E-state index contributed by atoms with van der Waals surface area (Å²) in [5, 5.41) is 2.11. The zero-order valence-electron chi connectivity index (χ0n) is 8.88. The van der Waals surface area contributed by atoms with Gasteiger partial charge in [-0.25, -0.2) is 0 Å². The van der Waals surface area contributed by atoms with Crippen molar-refractivity contribution in [2.45, 2.75) is 25.9 Å². The average molecular weight is 277 g/mol. The van der Waals surface area contributed by atoms with E-state index in [0.717, 1.165) is 11.0 Å². The maximum atomic E-state index is 5.72. The van der Waals surface area contributed by atoms with Crippen molar-refractivity contribution in [2.24, 2.45) is 5.73 Å². The second kappa shape index (κ2) is 4.75. The molecule has 80 valence electrons. The van der Waals surface area contributed by atoms with Crippen LogP contribution in [0.25, 0.3) is 0 Å². The molecular formula is C10H17BrN2S. The van der Waals surface area contributed by atoms with Crippen LogP contribution in [0.5, 0.6) is 0 Å². The summed E-state index contributed by atoms with van der Waals surface area (Å²) >= 11 is 5.23. The Balaban J connectivity index is 2.61. The third-order valence-electron chi connectivity index (χ3n) is 2.55. The summed E-state index contributed by atoms with van der Waals surface area (Å²) in [5.74, 6) is 0. The number of nitrogens with two attached hydrogens (primary N) is 1. The molecule has 0 fully saturated rings. The number of thiophene rings is 1. The number of hydrogen-bond acceptors (Lipinski definition) is 3. The molecule has 0 radical (unpaired) electrons. The number of halogens is 1. The van der Waals surface area contributed by atoms with Crippen molar-refractivity contribution in [3.8, 4) is 0 Å². The molecule has 0 saturated carbocycles. The standard InChI is InChI=1S/C10H17BrN2S/c1-10(2,7-12)13(3)5-9-4-8(11)6-14-9/h4,6H,5,7,12H2,1-3H3. The quantitative estimate of drug-likeness (QED) is 0.916. The van der Waals surface area contributed by atoms with Crippen LogP contribution in [0.1, 0.15) is 18.7 Å². The first-order chi connectivity index (χ1) is 6.45. The smallest absolute Gasteiger partial charge is 0.0331 e. The predicted octanol–water partition coefficient (Wildman–Crippen LogP) is 2.68. The molecule has 1 rings (SSSR count). The summed E-state index contributed by atoms with van der Waals surface area (Å²) in [5.41, 5.74) is 5.78. The molecule has 0 spiro atoms. The van der Waals surface area contributed by atoms with Crippen molar-refractivity contribution >= 4 is 27.3 Å². The summed E-state index contributed by atoms with van der Waals surface area (Å²) in [7, 11) is 2.11. The molecule has 1 heterocycles. The highest BCUT2D eigenvalue weighted by atomic mass is 79.9. The molecule has 2 N–H and O–H groups in total. The van der Waals surface area contributed by atoms with Crippen molar-refractivity contribution in [1.82, 2.24) is 4.90 Å². The molecule has 4 heteroatoms. The fourth-order valence-electron chi connectivity index (χ4n) is 1.04. The van der Waals surface area contributed by atoms with E-state index in [9.17, 15) is 0 Å². The lowest BCUT2D eigenvalue weighted by atomic mass is 10.0. The van der Waals surface area contributed by atoms with Gasteiger partial charge in [0.2, 0.25) is 0 Å². The van der Waals surface area contributed by atoms with Gasteiger partial charge in [-0.15, -0.1) is 11.3 Å². The molecule has 2 nitrogen and oxygen atoms in total. The third kappa shape index (κ3) is 3.05. The first-order valence-electron chi connectivity index (χ1n) is 4.60. The molecule has 0 aliphatic rings. The monoisotopic (exact) mass is 276 g/mol. The van der Waals surface area contributed by atoms with Gasteiger partial charge in [0, 0.05) is 33.4 Å². The topological polar surface area (TPSA) is 29.3 Å². The minimum absolute atomic E-state index is 0.0659. The van der Waals surface area contributed by atoms with Crippen LogP contribution in [0.15, 0.2) is 15.9 Å². The van der Waals surface area contributed by atoms with E-state index in [1.165, 1.54) is 4.88 Å². The number of hydrogen-bond donors (Lipinski definition) is 1. The average Bonchev–Trinajstić information content (AvgIpc) is 2.51. The van der Waals surface area contributed by atoms with Gasteiger partial charge in [-0.2, -0.15) is 0 Å². The Morgan fingerprint density at radius 1 is 1.57 bits per heavy atom. The van der Waals surface area contributed by atoms with Crippen molar-refractivity contribution in [2.75, 3.05) is 13.6 Å². The van der Waals surface area contributed by atoms with Gasteiger partial charge in [-0.3, -0.25) is 4.90 Å². The first kappa shape index (κ1) is 12.2. The third-order valence-corrected chi connectivity index (χ3v) is 4.23. The molecule has 0 aromatic carbocycles. The Hall–Kier alpha value is 0.1000. The molecular weight excluding hydrogens is 260 g/mol. The van der Waals surface area contributed by atoms with Gasteiger partial charge >= 0.3 is 0 Å². The molecule has 0 amide bonds. The molecule has 1 aromatic rings. The number of likely N-dealkylation sites (N-methyl/N-ethyl adjacent to an activating group) is 1. The van der Waals surface area contributed by atoms with Crippen molar-refractivity contribution < 1.29 is 0 Å². The largest absolute Gasteiger partial charge is 0.329 e. The molecule has 0 saturated heterocycles. The molecule has 0 aliphatic heterocycles. The second-order valence-electron chi connectivity index (χ2n) is 4.10. The van der Waals surface area contributed by atoms with Gasteiger partial charge in [0.1, 0.15) is 0 Å². The lowest BCUT2D eigenvalue weighted by molar-refractivity contribution is 0.157. The Morgan fingerprint density at radius 3 is 2.64 bits per heavy atom. The number of rotatable bonds is 4. The van der Waals surface area contributed by atoms with Crippen molar-refractivity contribution in [1.29, 1.82) is 0 Å². The molecule has 0 aliphatic carbocycles. The minimum Gasteiger partial charge on any atom is -0.329 e. The predicted molar refractivity (Wildman–Crippen MR) is 66.6 cm³/mol. The van der Waals surface area contributed by atoms with Crippen LogP contribution in [0, 0.1) is 0 Å². The fraction of sp³-hybridized carbons (Fsp3) is 0.600. The van der Waals surface area contributed by atoms with Gasteiger partial charge in [0.05, 0.1) is 0 Å². The van der Waals surface area contributed by atoms with Crippen LogP contribution in [-0.2, 0) is 6.54 Å². The fourth-order valence-corrected chi connectivity index (χ4v) is 2.54. The summed E-state index contributed by atoms with van der Waals surface area (Å²) in [4.78, 5) is 3.64. The summed E-state index contributed by atoms with van der Waals surface area (Å²) < 4.78 is 1.16. The zero-order valence-corrected chi connectivity index (χ0v) is 11.3. The summed E-state index contributed by atoms with van der Waals surface area (Å²) in [6, 6.07) is 2.16. The highest BCUT2D eigenvalue weighted by Crippen LogP contribution is 2.23. The molecule has 0 atom stereocenters. The van der Waals surface area contributed by atoms with E-state index in [-0.39, 0.29) is 5.54 Å². The second-order valence-corrected chi connectivity index (χ2v) is 6.02. The zero-order chi connectivity index (χ0) is 10.8. The van der Waals surface area contributed by atoms with Crippen LogP contribution in [-0.4, -0.2) is 24.0 Å². The Kier molecular flexibility index (Phi) is 4.13. The van der Waals surface area contributed by atoms with Gasteiger partial charge in [-0.1, -0.05) is 0 Å². The Bertz CT molecular complexity index is 296. The van der Waals surface area contributed by atoms with E-state index in [1.54, 1.807) is 11.3 Å². The maximum Gasteiger partial charge on any atom is 0.0331 e. The molecule has 0 unspecified atom stereocenters. The van der Waals surface area contributed by atoms with Crippen LogP contribution < -0.4 is 5.73 Å². The van der Waals surface area contributed by atoms with Crippen LogP contribution in [0.3, 0.4) is 0 Å². The van der Waals surface area contributed by atoms with Crippen LogP contribution in [0.2, 0.25) is 0 Å². The lowest BCUT2D eigenvalue weighted by Gasteiger charge is -2.34. The van der Waals surface area contributed by atoms with E-state index in [4.69, 9.17) is 5.73 Å². The van der Waals surface area contributed by atoms with Crippen LogP contribution >= 0.6 is 27.3 Å². The van der Waals surface area contributed by atoms with Gasteiger partial charge < -0.3 is 5.73 Å². The molecule has 0 bridgehead atoms. The highest BCUT2D eigenvalue weighted by Gasteiger charge is 2.21. The highest BCUT2D eigenvalue weighted by molar-refractivity contribution is 9.10. The van der Waals surface area contributed by atoms with E-state index in [0.29, 0.717) is 6.54 Å². The number of nitrogens with zero attached hydrogens (tertiary/aromatic N) is 1. The Morgan fingerprint density at radius 2 is 2.21 bits per heavy atom. The summed E-state index contributed by atoms with van der Waals surface area (Å²) in [6.07, 6.45) is 0. The van der Waals surface area contributed by atoms with Crippen molar-refractivity contribution in [3.05, 3.63) is 20.8 Å². The minimum atomic E-state index is 0.0659. The normalized spacial score (nSPS) is 12.4. The van der Waals surface area contributed by atoms with Crippen molar-refractivity contribution in [3.63, 3.8) is 0 Å². The van der Waals surface area contributed by atoms with Crippen LogP contribution in [0.4, 0.5) is 0 Å². The Labute approximate surface area is 98.2 Å². The first-order valence-corrected chi connectivity index (χ1v) is 6.27. The summed E-state index contributed by atoms with van der Waals surface area (Å²) in [6.45, 7) is 5.96. The van der Waals surface area contributed by atoms with E-state index >= 15 is 0 Å². The van der Waals surface area contributed by atoms with Gasteiger partial charge in [0.15, 0.2) is 0 Å². The van der Waals surface area contributed by atoms with E-state index in [2.05, 4.69) is 53.2 Å². The van der Waals surface area contributed by atoms with E-state index < -0.39 is 0 Å². The van der Waals surface area contributed by atoms with E-state index in [1.807, 2.05) is 0 Å². The maximum absolute atomic E-state index is 5.72. The molecule has 14 heavy (non-hydrogen) atoms. The van der Waals surface area contributed by atoms with Gasteiger partial charge in [-0.05, 0) is 42.9 Å². The SMILES string of the molecule is CN(Cc1cc(Br)cs1)C(C)(C)CN. The molecule has 1 aromatic heterocycles.